The predicted molar refractivity (Wildman–Crippen MR) is 159 cm³/mol. The minimum absolute atomic E-state index is 0.319. The number of hydrogen-bond donors (Lipinski definition) is 0. The Hall–Kier alpha value is -2.15. The second-order valence-corrected chi connectivity index (χ2v) is 24.2. The first kappa shape index (κ1) is 27.9. The summed E-state index contributed by atoms with van der Waals surface area (Å²) < 4.78 is 10.7. The fraction of sp³-hybridized carbons (Fsp3) is 0.516. The van der Waals surface area contributed by atoms with Gasteiger partial charge in [-0.05, 0) is 0 Å². The van der Waals surface area contributed by atoms with E-state index >= 15 is 0 Å². The summed E-state index contributed by atoms with van der Waals surface area (Å²) in [6.07, 6.45) is 17.6. The molecule has 0 N–H and O–H groups in total. The van der Waals surface area contributed by atoms with E-state index in [-0.39, 0.29) is 0 Å². The molecule has 0 bridgehead atoms. The molecule has 37 heavy (non-hydrogen) atoms. The molecule has 0 saturated carbocycles. The first-order valence-corrected chi connectivity index (χ1v) is 21.9. The van der Waals surface area contributed by atoms with Crippen LogP contribution in [0.15, 0.2) is 55.4 Å². The third kappa shape index (κ3) is 6.47. The topological polar surface area (TPSA) is 48.5 Å². The molecule has 0 radical (unpaired) electrons. The molecular formula is C31H45N5Sn. The van der Waals surface area contributed by atoms with Crippen LogP contribution in [0.5, 0.6) is 0 Å². The van der Waals surface area contributed by atoms with Gasteiger partial charge in [-0.2, -0.15) is 0 Å². The van der Waals surface area contributed by atoms with Gasteiger partial charge >= 0.3 is 228 Å². The zero-order valence-corrected chi connectivity index (χ0v) is 26.4. The molecule has 0 fully saturated rings. The van der Waals surface area contributed by atoms with Crippen molar-refractivity contribution in [1.82, 2.24) is 24.1 Å². The normalized spacial score (nSPS) is 12.2. The van der Waals surface area contributed by atoms with E-state index in [1.54, 1.807) is 3.58 Å². The molecule has 0 unspecified atom stereocenters. The monoisotopic (exact) mass is 607 g/mol. The van der Waals surface area contributed by atoms with Crippen LogP contribution in [0.25, 0.3) is 22.4 Å². The van der Waals surface area contributed by atoms with Gasteiger partial charge in [0, 0.05) is 0 Å². The fourth-order valence-electron chi connectivity index (χ4n) is 5.79. The van der Waals surface area contributed by atoms with Crippen molar-refractivity contribution in [1.29, 1.82) is 0 Å². The van der Waals surface area contributed by atoms with Crippen molar-refractivity contribution in [2.75, 3.05) is 0 Å². The summed E-state index contributed by atoms with van der Waals surface area (Å²) in [7, 11) is 0. The summed E-state index contributed by atoms with van der Waals surface area (Å²) in [4.78, 5) is 14.0. The van der Waals surface area contributed by atoms with Crippen molar-refractivity contribution < 1.29 is 0 Å². The van der Waals surface area contributed by atoms with Gasteiger partial charge in [0.2, 0.25) is 0 Å². The quantitative estimate of drug-likeness (QED) is 0.137. The SMILES string of the molecule is CCC[CH2][Sn]([CH2]CCC)([CH2]CCC)[c]1ccc2nc(-c3cncc(Cn4ccnc4)c3)n(C(C)C)c2c1. The van der Waals surface area contributed by atoms with Gasteiger partial charge in [-0.3, -0.25) is 0 Å². The molecule has 6 heteroatoms. The molecule has 0 aliphatic rings. The zero-order chi connectivity index (χ0) is 26.3. The first-order chi connectivity index (χ1) is 18.0. The second-order valence-electron chi connectivity index (χ2n) is 11.0. The maximum absolute atomic E-state index is 5.18. The summed E-state index contributed by atoms with van der Waals surface area (Å²) in [6.45, 7) is 12.4. The van der Waals surface area contributed by atoms with Crippen LogP contribution >= 0.6 is 0 Å². The van der Waals surface area contributed by atoms with Crippen molar-refractivity contribution >= 4 is 33.0 Å². The van der Waals surface area contributed by atoms with Crippen molar-refractivity contribution in [3.8, 4) is 11.4 Å². The number of fused-ring (bicyclic) bond motifs is 1. The Bertz CT molecular complexity index is 1240. The van der Waals surface area contributed by atoms with E-state index in [4.69, 9.17) is 4.98 Å². The number of benzene rings is 1. The first-order valence-electron chi connectivity index (χ1n) is 14.4. The number of imidazole rings is 2. The van der Waals surface area contributed by atoms with E-state index < -0.39 is 18.4 Å². The molecule has 198 valence electrons. The van der Waals surface area contributed by atoms with E-state index in [2.05, 4.69) is 78.0 Å². The third-order valence-electron chi connectivity index (χ3n) is 7.82. The van der Waals surface area contributed by atoms with Crippen LogP contribution in [0.4, 0.5) is 0 Å². The molecule has 0 spiro atoms. The van der Waals surface area contributed by atoms with Gasteiger partial charge in [0.25, 0.3) is 0 Å². The third-order valence-corrected chi connectivity index (χ3v) is 23.4. The van der Waals surface area contributed by atoms with Gasteiger partial charge in [-0.25, -0.2) is 0 Å². The number of pyridine rings is 1. The van der Waals surface area contributed by atoms with Gasteiger partial charge in [-0.15, -0.1) is 0 Å². The molecule has 4 rings (SSSR count). The van der Waals surface area contributed by atoms with Crippen molar-refractivity contribution in [2.24, 2.45) is 0 Å². The molecule has 0 atom stereocenters. The number of nitrogens with zero attached hydrogens (tertiary/aromatic N) is 5. The van der Waals surface area contributed by atoms with Crippen LogP contribution in [0, 0.1) is 0 Å². The molecule has 0 saturated heterocycles. The number of aromatic nitrogens is 5. The van der Waals surface area contributed by atoms with Crippen LogP contribution < -0.4 is 3.58 Å². The van der Waals surface area contributed by atoms with E-state index in [0.29, 0.717) is 6.04 Å². The standard InChI is InChI=1S/C19H18N5.3C4H9.Sn/c1-14(2)24-18-6-4-3-5-17(18)22-19(24)16-9-15(10-21-11-16)12-23-8-7-20-13-23;3*1-3-4-2;/h3,5-11,13-14H,12H2,1-2H3;3*1,3-4H2,2H3;. The van der Waals surface area contributed by atoms with Crippen molar-refractivity contribution in [2.45, 2.75) is 99.0 Å². The Morgan fingerprint density at radius 2 is 1.57 bits per heavy atom. The fourth-order valence-corrected chi connectivity index (χ4v) is 21.7. The summed E-state index contributed by atoms with van der Waals surface area (Å²) in [5, 5.41) is 0. The average Bonchev–Trinajstić information content (AvgIpc) is 3.56. The van der Waals surface area contributed by atoms with Gasteiger partial charge in [0.1, 0.15) is 0 Å². The van der Waals surface area contributed by atoms with Crippen LogP contribution in [-0.4, -0.2) is 42.5 Å². The van der Waals surface area contributed by atoms with Crippen LogP contribution in [0.3, 0.4) is 0 Å². The molecular weight excluding hydrogens is 561 g/mol. The molecule has 4 aromatic rings. The Labute approximate surface area is 227 Å². The minimum atomic E-state index is -2.53. The van der Waals surface area contributed by atoms with E-state index in [1.807, 2.05) is 31.1 Å². The average molecular weight is 606 g/mol. The second kappa shape index (κ2) is 13.1. The summed E-state index contributed by atoms with van der Waals surface area (Å²) in [5.41, 5.74) is 4.65. The van der Waals surface area contributed by atoms with Crippen LogP contribution in [0.2, 0.25) is 13.3 Å². The van der Waals surface area contributed by atoms with E-state index in [1.165, 1.54) is 57.4 Å². The number of rotatable bonds is 14. The molecule has 5 nitrogen and oxygen atoms in total. The Kier molecular flexibility index (Phi) is 9.85. The van der Waals surface area contributed by atoms with E-state index in [9.17, 15) is 0 Å². The summed E-state index contributed by atoms with van der Waals surface area (Å²) in [5.74, 6) is 1.03. The van der Waals surface area contributed by atoms with Crippen molar-refractivity contribution in [3.63, 3.8) is 0 Å². The number of hydrogen-bond acceptors (Lipinski definition) is 3. The Morgan fingerprint density at radius 3 is 2.16 bits per heavy atom. The van der Waals surface area contributed by atoms with E-state index in [0.717, 1.165) is 29.0 Å². The molecule has 0 amide bonds. The molecule has 0 aliphatic heterocycles. The molecule has 0 aliphatic carbocycles. The predicted octanol–water partition coefficient (Wildman–Crippen LogP) is 7.98. The van der Waals surface area contributed by atoms with Gasteiger partial charge in [0.15, 0.2) is 0 Å². The molecule has 1 aromatic carbocycles. The van der Waals surface area contributed by atoms with Crippen molar-refractivity contribution in [3.05, 3.63) is 60.9 Å². The summed E-state index contributed by atoms with van der Waals surface area (Å²) >= 11 is -2.53. The Morgan fingerprint density at radius 1 is 0.865 bits per heavy atom. The van der Waals surface area contributed by atoms with Crippen LogP contribution in [0.1, 0.15) is 84.7 Å². The van der Waals surface area contributed by atoms with Crippen LogP contribution in [-0.2, 0) is 6.54 Å². The Balaban J connectivity index is 1.80. The molecule has 3 aromatic heterocycles. The van der Waals surface area contributed by atoms with Gasteiger partial charge < -0.3 is 0 Å². The maximum atomic E-state index is 5.18. The number of unbranched alkanes of at least 4 members (excludes halogenated alkanes) is 3. The van der Waals surface area contributed by atoms with Gasteiger partial charge in [0.05, 0.1) is 0 Å². The molecule has 3 heterocycles. The zero-order valence-electron chi connectivity index (χ0n) is 23.6. The van der Waals surface area contributed by atoms with Gasteiger partial charge in [-0.1, -0.05) is 0 Å². The summed E-state index contributed by atoms with van der Waals surface area (Å²) in [6, 6.07) is 9.94.